The molecule has 8 N–H and O–H groups in total. The van der Waals surface area contributed by atoms with E-state index in [1.54, 1.807) is 0 Å². The van der Waals surface area contributed by atoms with Gasteiger partial charge in [0.25, 0.3) is 0 Å². The monoisotopic (exact) mass is 320 g/mol. The molecule has 0 spiro atoms. The van der Waals surface area contributed by atoms with Crippen LogP contribution in [0.5, 0.6) is 0 Å². The first-order valence-corrected chi connectivity index (χ1v) is 7.95. The molecule has 2 saturated heterocycles. The van der Waals surface area contributed by atoms with Crippen molar-refractivity contribution in [1.29, 1.82) is 0 Å². The Morgan fingerprint density at radius 1 is 0.545 bits per heavy atom. The highest BCUT2D eigenvalue weighted by molar-refractivity contribution is 4.99. The average molecular weight is 320 g/mol. The standard InChI is InChI=1S/C14H28N2O6/c17-5-9-13(21)11(19)7(15-9)3-1-2-4-8-12(20)14(22)10(6-18)16-8/h7-22H,1-6H2/t7-,8-,9-,10-,11-,12-,13-,14-/m1/s1. The van der Waals surface area contributed by atoms with E-state index in [1.165, 1.54) is 0 Å². The fourth-order valence-electron chi connectivity index (χ4n) is 3.45. The van der Waals surface area contributed by atoms with Crippen LogP contribution in [0.15, 0.2) is 0 Å². The Hall–Kier alpha value is -0.320. The molecule has 8 nitrogen and oxygen atoms in total. The van der Waals surface area contributed by atoms with Crippen molar-refractivity contribution >= 4 is 0 Å². The predicted octanol–water partition coefficient (Wildman–Crippen LogP) is -3.34. The molecule has 0 aromatic heterocycles. The Labute approximate surface area is 129 Å². The normalized spacial score (nSPS) is 45.5. The van der Waals surface area contributed by atoms with Crippen LogP contribution in [0, 0.1) is 0 Å². The third kappa shape index (κ3) is 3.77. The van der Waals surface area contributed by atoms with Crippen molar-refractivity contribution in [2.45, 2.75) is 74.3 Å². The van der Waals surface area contributed by atoms with Crippen LogP contribution < -0.4 is 10.6 Å². The van der Waals surface area contributed by atoms with Gasteiger partial charge in [-0.3, -0.25) is 0 Å². The predicted molar refractivity (Wildman–Crippen MR) is 78.1 cm³/mol. The van der Waals surface area contributed by atoms with E-state index in [4.69, 9.17) is 10.2 Å². The SMILES string of the molecule is OC[C@H]1N[C@H](CCCC[C@H]2N[C@H](CO)[C@@H](O)[C@@H]2O)[C@@H](O)[C@@H]1O. The molecule has 0 aromatic carbocycles. The number of aliphatic hydroxyl groups is 6. The highest BCUT2D eigenvalue weighted by Crippen LogP contribution is 2.22. The maximum atomic E-state index is 9.88. The molecule has 2 aliphatic rings. The van der Waals surface area contributed by atoms with E-state index in [2.05, 4.69) is 10.6 Å². The molecule has 0 aliphatic carbocycles. The van der Waals surface area contributed by atoms with Crippen LogP contribution in [-0.4, -0.2) is 92.4 Å². The minimum atomic E-state index is -0.950. The molecular formula is C14H28N2O6. The van der Waals surface area contributed by atoms with Crippen molar-refractivity contribution < 1.29 is 30.6 Å². The summed E-state index contributed by atoms with van der Waals surface area (Å²) in [6.07, 6.45) is -0.787. The molecule has 8 atom stereocenters. The van der Waals surface area contributed by atoms with Crippen molar-refractivity contribution in [2.75, 3.05) is 13.2 Å². The second-order valence-electron chi connectivity index (χ2n) is 6.37. The van der Waals surface area contributed by atoms with E-state index < -0.39 is 36.5 Å². The number of unbranched alkanes of at least 4 members (excludes halogenated alkanes) is 1. The van der Waals surface area contributed by atoms with E-state index in [9.17, 15) is 20.4 Å². The molecule has 2 heterocycles. The second-order valence-corrected chi connectivity index (χ2v) is 6.37. The van der Waals surface area contributed by atoms with Gasteiger partial charge in [-0.15, -0.1) is 0 Å². The summed E-state index contributed by atoms with van der Waals surface area (Å²) in [7, 11) is 0. The molecule has 130 valence electrons. The smallest absolute Gasteiger partial charge is 0.0989 e. The van der Waals surface area contributed by atoms with Crippen LogP contribution in [0.2, 0.25) is 0 Å². The second kappa shape index (κ2) is 7.98. The maximum Gasteiger partial charge on any atom is 0.0989 e. The van der Waals surface area contributed by atoms with Gasteiger partial charge in [-0.25, -0.2) is 0 Å². The summed E-state index contributed by atoms with van der Waals surface area (Å²) in [6, 6.07) is -1.47. The zero-order chi connectivity index (χ0) is 16.3. The van der Waals surface area contributed by atoms with Gasteiger partial charge in [0.1, 0.15) is 0 Å². The molecule has 0 radical (unpaired) electrons. The zero-order valence-corrected chi connectivity index (χ0v) is 12.5. The van der Waals surface area contributed by atoms with Crippen molar-refractivity contribution in [3.63, 3.8) is 0 Å². The lowest BCUT2D eigenvalue weighted by Gasteiger charge is -2.18. The quantitative estimate of drug-likeness (QED) is 0.227. The molecule has 0 unspecified atom stereocenters. The summed E-state index contributed by atoms with van der Waals surface area (Å²) in [5, 5.41) is 63.3. The van der Waals surface area contributed by atoms with Crippen molar-refractivity contribution in [1.82, 2.24) is 10.6 Å². The molecule has 0 bridgehead atoms. The van der Waals surface area contributed by atoms with Gasteiger partial charge >= 0.3 is 0 Å². The van der Waals surface area contributed by atoms with Gasteiger partial charge in [-0.1, -0.05) is 12.8 Å². The van der Waals surface area contributed by atoms with Crippen LogP contribution in [0.3, 0.4) is 0 Å². The van der Waals surface area contributed by atoms with Gasteiger partial charge in [-0.2, -0.15) is 0 Å². The van der Waals surface area contributed by atoms with Gasteiger partial charge < -0.3 is 41.3 Å². The van der Waals surface area contributed by atoms with Crippen LogP contribution >= 0.6 is 0 Å². The van der Waals surface area contributed by atoms with Gasteiger partial charge in [0.2, 0.25) is 0 Å². The molecule has 0 amide bonds. The van der Waals surface area contributed by atoms with Crippen LogP contribution in [0.1, 0.15) is 25.7 Å². The Kier molecular flexibility index (Phi) is 6.54. The van der Waals surface area contributed by atoms with E-state index in [1.807, 2.05) is 0 Å². The number of hydrogen-bond donors (Lipinski definition) is 8. The van der Waals surface area contributed by atoms with Crippen LogP contribution in [-0.2, 0) is 0 Å². The molecule has 22 heavy (non-hydrogen) atoms. The van der Waals surface area contributed by atoms with Crippen molar-refractivity contribution in [2.24, 2.45) is 0 Å². The average Bonchev–Trinajstić information content (AvgIpc) is 2.95. The lowest BCUT2D eigenvalue weighted by molar-refractivity contribution is 0.0171. The first kappa shape index (κ1) is 18.0. The highest BCUT2D eigenvalue weighted by Gasteiger charge is 2.41. The molecule has 0 aromatic rings. The fraction of sp³-hybridized carbons (Fsp3) is 1.00. The summed E-state index contributed by atoms with van der Waals surface area (Å²) >= 11 is 0. The number of aliphatic hydroxyl groups excluding tert-OH is 6. The van der Waals surface area contributed by atoms with Crippen LogP contribution in [0.4, 0.5) is 0 Å². The highest BCUT2D eigenvalue weighted by atomic mass is 16.3. The van der Waals surface area contributed by atoms with Crippen LogP contribution in [0.25, 0.3) is 0 Å². The molecule has 8 heteroatoms. The first-order valence-electron chi connectivity index (χ1n) is 7.95. The minimum absolute atomic E-state index is 0.215. The summed E-state index contributed by atoms with van der Waals surface area (Å²) < 4.78 is 0. The van der Waals surface area contributed by atoms with E-state index >= 15 is 0 Å². The molecule has 2 rings (SSSR count). The number of hydrogen-bond acceptors (Lipinski definition) is 8. The summed E-state index contributed by atoms with van der Waals surface area (Å²) in [5.74, 6) is 0. The van der Waals surface area contributed by atoms with E-state index in [-0.39, 0.29) is 25.3 Å². The maximum absolute atomic E-state index is 9.88. The van der Waals surface area contributed by atoms with E-state index in [0.29, 0.717) is 12.8 Å². The lowest BCUT2D eigenvalue weighted by atomic mass is 9.99. The molecule has 0 saturated carbocycles. The summed E-state index contributed by atoms with van der Waals surface area (Å²) in [5.41, 5.74) is 0. The van der Waals surface area contributed by atoms with Gasteiger partial charge in [-0.05, 0) is 12.8 Å². The van der Waals surface area contributed by atoms with Gasteiger partial charge in [0.15, 0.2) is 0 Å². The third-order valence-corrected chi connectivity index (χ3v) is 4.88. The lowest BCUT2D eigenvalue weighted by Crippen LogP contribution is -2.36. The zero-order valence-electron chi connectivity index (χ0n) is 12.5. The molecule has 2 fully saturated rings. The topological polar surface area (TPSA) is 145 Å². The largest absolute Gasteiger partial charge is 0.395 e. The fourth-order valence-corrected chi connectivity index (χ4v) is 3.45. The Morgan fingerprint density at radius 2 is 0.864 bits per heavy atom. The third-order valence-electron chi connectivity index (χ3n) is 4.88. The van der Waals surface area contributed by atoms with Gasteiger partial charge in [0.05, 0.1) is 49.7 Å². The Morgan fingerprint density at radius 3 is 1.14 bits per heavy atom. The minimum Gasteiger partial charge on any atom is -0.395 e. The van der Waals surface area contributed by atoms with Crippen molar-refractivity contribution in [3.05, 3.63) is 0 Å². The molecular weight excluding hydrogens is 292 g/mol. The van der Waals surface area contributed by atoms with Crippen molar-refractivity contribution in [3.8, 4) is 0 Å². The summed E-state index contributed by atoms with van der Waals surface area (Å²) in [6.45, 7) is -0.430. The van der Waals surface area contributed by atoms with E-state index in [0.717, 1.165) is 12.8 Å². The number of nitrogens with one attached hydrogen (secondary N) is 2. The Balaban J connectivity index is 1.68. The first-order chi connectivity index (χ1) is 10.5. The summed E-state index contributed by atoms with van der Waals surface area (Å²) in [4.78, 5) is 0. The Bertz CT molecular complexity index is 315. The van der Waals surface area contributed by atoms with Gasteiger partial charge in [0, 0.05) is 12.1 Å². The number of rotatable bonds is 7. The molecule has 2 aliphatic heterocycles.